The Bertz CT molecular complexity index is 1100. The van der Waals surface area contributed by atoms with Crippen LogP contribution in [0, 0.1) is 6.92 Å². The Morgan fingerprint density at radius 3 is 2.47 bits per heavy atom. The molecule has 0 spiro atoms. The zero-order valence-electron chi connectivity index (χ0n) is 16.6. The predicted molar refractivity (Wildman–Crippen MR) is 116 cm³/mol. The molecule has 2 aromatic carbocycles. The first-order chi connectivity index (χ1) is 14.5. The first-order valence-corrected chi connectivity index (χ1v) is 10.3. The predicted octanol–water partition coefficient (Wildman–Crippen LogP) is 3.45. The van der Waals surface area contributed by atoms with Crippen molar-refractivity contribution in [2.75, 3.05) is 17.7 Å². The molecule has 30 heavy (non-hydrogen) atoms. The number of aromatic nitrogens is 2. The Morgan fingerprint density at radius 1 is 1.10 bits per heavy atom. The van der Waals surface area contributed by atoms with Gasteiger partial charge in [-0.1, -0.05) is 30.0 Å². The molecule has 154 valence electrons. The normalized spacial score (nSPS) is 10.5. The van der Waals surface area contributed by atoms with Crippen LogP contribution in [0.1, 0.15) is 23.0 Å². The number of carbonyl (C=O) groups excluding carboxylic acids is 2. The minimum absolute atomic E-state index is 0.0718. The first-order valence-electron chi connectivity index (χ1n) is 9.34. The number of anilines is 1. The van der Waals surface area contributed by atoms with Gasteiger partial charge in [0, 0.05) is 17.4 Å². The highest BCUT2D eigenvalue weighted by atomic mass is 32.2. The Balaban J connectivity index is 1.69. The fraction of sp³-hybridized carbons (Fsp3) is 0.182. The van der Waals surface area contributed by atoms with Crippen molar-refractivity contribution in [3.05, 3.63) is 82.3 Å². The molecule has 0 bridgehead atoms. The Morgan fingerprint density at radius 2 is 1.80 bits per heavy atom. The number of nitrogens with one attached hydrogen (secondary N) is 1. The fourth-order valence-corrected chi connectivity index (χ4v) is 3.58. The molecule has 0 aliphatic heterocycles. The van der Waals surface area contributed by atoms with Crippen LogP contribution in [0.3, 0.4) is 0 Å². The quantitative estimate of drug-likeness (QED) is 0.356. The standard InChI is InChI=1S/C22H21N3O4S/c1-3-29-21(28)16-9-11-17(12-10-16)24-19(26)14-30-22-23-15(2)13-20(27)25(22)18-7-5-4-6-8-18/h4-13H,3,14H2,1-2H3,(H,24,26). The van der Waals surface area contributed by atoms with E-state index < -0.39 is 5.97 Å². The van der Waals surface area contributed by atoms with Gasteiger partial charge >= 0.3 is 5.97 Å². The van der Waals surface area contributed by atoms with E-state index in [2.05, 4.69) is 10.3 Å². The van der Waals surface area contributed by atoms with Crippen LogP contribution < -0.4 is 10.9 Å². The Labute approximate surface area is 178 Å². The summed E-state index contributed by atoms with van der Waals surface area (Å²) < 4.78 is 6.42. The zero-order chi connectivity index (χ0) is 21.5. The summed E-state index contributed by atoms with van der Waals surface area (Å²) in [5, 5.41) is 3.22. The maximum atomic E-state index is 12.5. The maximum Gasteiger partial charge on any atom is 0.338 e. The minimum atomic E-state index is -0.407. The molecule has 0 radical (unpaired) electrons. The van der Waals surface area contributed by atoms with Crippen molar-refractivity contribution < 1.29 is 14.3 Å². The monoisotopic (exact) mass is 423 g/mol. The molecule has 7 nitrogen and oxygen atoms in total. The number of aryl methyl sites for hydroxylation is 1. The third kappa shape index (κ3) is 5.36. The number of nitrogens with zero attached hydrogens (tertiary/aromatic N) is 2. The lowest BCUT2D eigenvalue weighted by molar-refractivity contribution is -0.113. The molecule has 0 aliphatic rings. The highest BCUT2D eigenvalue weighted by Gasteiger charge is 2.13. The van der Waals surface area contributed by atoms with E-state index >= 15 is 0 Å². The van der Waals surface area contributed by atoms with Gasteiger partial charge in [-0.2, -0.15) is 0 Å². The number of para-hydroxylation sites is 1. The van der Waals surface area contributed by atoms with E-state index in [1.165, 1.54) is 22.4 Å². The number of carbonyl (C=O) groups is 2. The zero-order valence-corrected chi connectivity index (χ0v) is 17.4. The van der Waals surface area contributed by atoms with Gasteiger partial charge in [0.05, 0.1) is 23.6 Å². The molecule has 3 aromatic rings. The second-order valence-corrected chi connectivity index (χ2v) is 7.27. The smallest absolute Gasteiger partial charge is 0.338 e. The van der Waals surface area contributed by atoms with Gasteiger partial charge in [-0.15, -0.1) is 0 Å². The number of thioether (sulfide) groups is 1. The molecular formula is C22H21N3O4S. The number of rotatable bonds is 7. The van der Waals surface area contributed by atoms with Gasteiger partial charge in [-0.25, -0.2) is 9.78 Å². The SMILES string of the molecule is CCOC(=O)c1ccc(NC(=O)CSc2nc(C)cc(=O)n2-c2ccccc2)cc1. The summed E-state index contributed by atoms with van der Waals surface area (Å²) in [6.45, 7) is 3.78. The number of ether oxygens (including phenoxy) is 1. The molecule has 1 N–H and O–H groups in total. The van der Waals surface area contributed by atoms with Crippen LogP contribution in [-0.4, -0.2) is 33.8 Å². The van der Waals surface area contributed by atoms with Crippen LogP contribution in [0.5, 0.6) is 0 Å². The van der Waals surface area contributed by atoms with Crippen molar-refractivity contribution >= 4 is 29.3 Å². The molecule has 8 heteroatoms. The Kier molecular flexibility index (Phi) is 7.03. The van der Waals surface area contributed by atoms with E-state index in [-0.39, 0.29) is 17.2 Å². The summed E-state index contributed by atoms with van der Waals surface area (Å²) >= 11 is 1.18. The number of amides is 1. The lowest BCUT2D eigenvalue weighted by atomic mass is 10.2. The van der Waals surface area contributed by atoms with Crippen LogP contribution in [0.15, 0.2) is 70.6 Å². The lowest BCUT2D eigenvalue weighted by Gasteiger charge is -2.12. The first kappa shape index (κ1) is 21.3. The average Bonchev–Trinajstić information content (AvgIpc) is 2.73. The fourth-order valence-electron chi connectivity index (χ4n) is 2.71. The third-order valence-corrected chi connectivity index (χ3v) is 4.98. The van der Waals surface area contributed by atoms with E-state index in [4.69, 9.17) is 4.74 Å². The molecule has 1 aromatic heterocycles. The van der Waals surface area contributed by atoms with Gasteiger partial charge in [0.25, 0.3) is 5.56 Å². The Hall–Kier alpha value is -3.39. The molecule has 1 heterocycles. The van der Waals surface area contributed by atoms with Crippen molar-refractivity contribution in [1.82, 2.24) is 9.55 Å². The van der Waals surface area contributed by atoms with Gasteiger partial charge in [-0.3, -0.25) is 14.2 Å². The van der Waals surface area contributed by atoms with Crippen LogP contribution in [0.4, 0.5) is 5.69 Å². The highest BCUT2D eigenvalue weighted by molar-refractivity contribution is 7.99. The van der Waals surface area contributed by atoms with E-state index in [9.17, 15) is 14.4 Å². The summed E-state index contributed by atoms with van der Waals surface area (Å²) in [6.07, 6.45) is 0. The summed E-state index contributed by atoms with van der Waals surface area (Å²) in [5.41, 5.74) is 2.05. The minimum Gasteiger partial charge on any atom is -0.462 e. The highest BCUT2D eigenvalue weighted by Crippen LogP contribution is 2.19. The molecule has 0 saturated carbocycles. The lowest BCUT2D eigenvalue weighted by Crippen LogP contribution is -2.22. The largest absolute Gasteiger partial charge is 0.462 e. The third-order valence-electron chi connectivity index (χ3n) is 4.04. The molecule has 1 amide bonds. The maximum absolute atomic E-state index is 12.5. The summed E-state index contributed by atoms with van der Waals surface area (Å²) in [5.74, 6) is -0.586. The van der Waals surface area contributed by atoms with Crippen LogP contribution in [0.2, 0.25) is 0 Å². The van der Waals surface area contributed by atoms with Gasteiger partial charge in [0.1, 0.15) is 0 Å². The van der Waals surface area contributed by atoms with Crippen molar-refractivity contribution in [2.45, 2.75) is 19.0 Å². The van der Waals surface area contributed by atoms with E-state index in [0.29, 0.717) is 34.4 Å². The number of esters is 1. The van der Waals surface area contributed by atoms with Crippen LogP contribution >= 0.6 is 11.8 Å². The van der Waals surface area contributed by atoms with Gasteiger partial charge in [-0.05, 0) is 50.2 Å². The number of hydrogen-bond acceptors (Lipinski definition) is 6. The van der Waals surface area contributed by atoms with E-state index in [1.54, 1.807) is 38.1 Å². The molecular weight excluding hydrogens is 402 g/mol. The van der Waals surface area contributed by atoms with Gasteiger partial charge in [0.2, 0.25) is 5.91 Å². The average molecular weight is 423 g/mol. The van der Waals surface area contributed by atoms with Crippen molar-refractivity contribution in [1.29, 1.82) is 0 Å². The second kappa shape index (κ2) is 9.89. The molecule has 0 aliphatic carbocycles. The van der Waals surface area contributed by atoms with Crippen molar-refractivity contribution in [2.24, 2.45) is 0 Å². The number of hydrogen-bond donors (Lipinski definition) is 1. The molecule has 0 saturated heterocycles. The van der Waals surface area contributed by atoms with Gasteiger partial charge < -0.3 is 10.1 Å². The molecule has 0 unspecified atom stereocenters. The van der Waals surface area contributed by atoms with E-state index in [0.717, 1.165) is 0 Å². The van der Waals surface area contributed by atoms with Crippen molar-refractivity contribution in [3.8, 4) is 5.69 Å². The summed E-state index contributed by atoms with van der Waals surface area (Å²) in [7, 11) is 0. The molecule has 3 rings (SSSR count). The summed E-state index contributed by atoms with van der Waals surface area (Å²) in [6, 6.07) is 17.1. The van der Waals surface area contributed by atoms with Crippen LogP contribution in [0.25, 0.3) is 5.69 Å². The second-order valence-electron chi connectivity index (χ2n) is 6.32. The number of benzene rings is 2. The molecule has 0 fully saturated rings. The van der Waals surface area contributed by atoms with Gasteiger partial charge in [0.15, 0.2) is 5.16 Å². The summed E-state index contributed by atoms with van der Waals surface area (Å²) in [4.78, 5) is 41.0. The van der Waals surface area contributed by atoms with Crippen LogP contribution in [-0.2, 0) is 9.53 Å². The molecule has 0 atom stereocenters. The van der Waals surface area contributed by atoms with Crippen molar-refractivity contribution in [3.63, 3.8) is 0 Å². The van der Waals surface area contributed by atoms with E-state index in [1.807, 2.05) is 30.3 Å². The topological polar surface area (TPSA) is 90.3 Å².